The van der Waals surface area contributed by atoms with Gasteiger partial charge in [-0.3, -0.25) is 4.79 Å². The smallest absolute Gasteiger partial charge is 0.252 e. The molecule has 118 valence electrons. The topological polar surface area (TPSA) is 62.1 Å². The molecule has 1 aliphatic carbocycles. The fraction of sp³-hybridized carbons (Fsp3) is 0.556. The lowest BCUT2D eigenvalue weighted by atomic mass is 9.82. The first kappa shape index (κ1) is 16.4. The molecule has 0 aliphatic heterocycles. The van der Waals surface area contributed by atoms with Gasteiger partial charge >= 0.3 is 0 Å². The summed E-state index contributed by atoms with van der Waals surface area (Å²) >= 11 is 0. The van der Waals surface area contributed by atoms with E-state index >= 15 is 0 Å². The van der Waals surface area contributed by atoms with Gasteiger partial charge in [-0.25, -0.2) is 0 Å². The summed E-state index contributed by atoms with van der Waals surface area (Å²) < 4.78 is 5.65. The molecule has 0 radical (unpaired) electrons. The van der Waals surface area contributed by atoms with E-state index in [1.165, 1.54) is 0 Å². The normalized spacial score (nSPS) is 16.8. The molecule has 0 bridgehead atoms. The van der Waals surface area contributed by atoms with Gasteiger partial charge in [-0.1, -0.05) is 39.2 Å². The predicted octanol–water partition coefficient (Wildman–Crippen LogP) is 3.68. The number of carbonyl (C=O) groups excluding carboxylic acids is 1. The highest BCUT2D eigenvalue weighted by Gasteiger charge is 2.33. The number of amides is 1. The van der Waals surface area contributed by atoms with Crippen molar-refractivity contribution in [2.75, 3.05) is 6.61 Å². The standard InChI is InChI=1S/C18H24N2O2/c1-14(2)12-22-16-8-6-7-15(11-16)17(21)20-18(13-19)9-4-3-5-10-18/h6-8,11,14H,3-5,9-10,12H2,1-2H3,(H,20,21). The second-order valence-electron chi connectivity index (χ2n) is 6.44. The fourth-order valence-corrected chi connectivity index (χ4v) is 2.70. The van der Waals surface area contributed by atoms with Crippen molar-refractivity contribution >= 4 is 5.91 Å². The average Bonchev–Trinajstić information content (AvgIpc) is 2.54. The summed E-state index contributed by atoms with van der Waals surface area (Å²) in [6.45, 7) is 4.78. The van der Waals surface area contributed by atoms with E-state index < -0.39 is 5.54 Å². The number of nitriles is 1. The van der Waals surface area contributed by atoms with Crippen LogP contribution in [0.4, 0.5) is 0 Å². The molecule has 0 spiro atoms. The zero-order valence-corrected chi connectivity index (χ0v) is 13.4. The van der Waals surface area contributed by atoms with Gasteiger partial charge in [0, 0.05) is 5.56 Å². The van der Waals surface area contributed by atoms with Crippen molar-refractivity contribution in [3.05, 3.63) is 29.8 Å². The van der Waals surface area contributed by atoms with Crippen molar-refractivity contribution < 1.29 is 9.53 Å². The van der Waals surface area contributed by atoms with Crippen LogP contribution in [0, 0.1) is 17.2 Å². The van der Waals surface area contributed by atoms with Gasteiger partial charge in [0.2, 0.25) is 0 Å². The molecule has 1 aliphatic rings. The van der Waals surface area contributed by atoms with Crippen molar-refractivity contribution in [2.45, 2.75) is 51.5 Å². The Morgan fingerprint density at radius 3 is 2.73 bits per heavy atom. The highest BCUT2D eigenvalue weighted by molar-refractivity contribution is 5.95. The molecule has 1 saturated carbocycles. The summed E-state index contributed by atoms with van der Waals surface area (Å²) in [5, 5.41) is 12.4. The van der Waals surface area contributed by atoms with E-state index in [1.54, 1.807) is 12.1 Å². The predicted molar refractivity (Wildman–Crippen MR) is 85.7 cm³/mol. The molecule has 0 unspecified atom stereocenters. The molecule has 1 fully saturated rings. The van der Waals surface area contributed by atoms with Gasteiger partial charge in [-0.15, -0.1) is 0 Å². The van der Waals surface area contributed by atoms with Crippen LogP contribution in [0.15, 0.2) is 24.3 Å². The maximum Gasteiger partial charge on any atom is 0.252 e. The number of hydrogen-bond donors (Lipinski definition) is 1. The summed E-state index contributed by atoms with van der Waals surface area (Å²) in [4.78, 5) is 12.4. The van der Waals surface area contributed by atoms with Gasteiger partial charge in [0.15, 0.2) is 0 Å². The quantitative estimate of drug-likeness (QED) is 0.902. The number of hydrogen-bond acceptors (Lipinski definition) is 3. The summed E-state index contributed by atoms with van der Waals surface area (Å²) in [6, 6.07) is 9.46. The van der Waals surface area contributed by atoms with E-state index in [1.807, 2.05) is 12.1 Å². The first-order valence-electron chi connectivity index (χ1n) is 8.01. The third kappa shape index (κ3) is 4.24. The lowest BCUT2D eigenvalue weighted by molar-refractivity contribution is 0.0902. The molecule has 0 aromatic heterocycles. The van der Waals surface area contributed by atoms with Crippen LogP contribution in [0.3, 0.4) is 0 Å². The first-order valence-corrected chi connectivity index (χ1v) is 8.01. The molecule has 0 saturated heterocycles. The Balaban J connectivity index is 2.06. The van der Waals surface area contributed by atoms with E-state index in [2.05, 4.69) is 25.2 Å². The summed E-state index contributed by atoms with van der Waals surface area (Å²) in [5.41, 5.74) is -0.161. The van der Waals surface area contributed by atoms with Crippen molar-refractivity contribution in [1.82, 2.24) is 5.32 Å². The molecule has 1 aromatic carbocycles. The van der Waals surface area contributed by atoms with E-state index in [4.69, 9.17) is 4.74 Å². The van der Waals surface area contributed by atoms with Crippen LogP contribution in [0.5, 0.6) is 5.75 Å². The zero-order chi connectivity index (χ0) is 16.0. The van der Waals surface area contributed by atoms with Crippen LogP contribution in [-0.4, -0.2) is 18.1 Å². The van der Waals surface area contributed by atoms with Crippen molar-refractivity contribution in [3.8, 4) is 11.8 Å². The molecule has 2 rings (SSSR count). The average molecular weight is 300 g/mol. The monoisotopic (exact) mass is 300 g/mol. The molecule has 22 heavy (non-hydrogen) atoms. The maximum absolute atomic E-state index is 12.4. The Bertz CT molecular complexity index is 554. The number of ether oxygens (including phenoxy) is 1. The van der Waals surface area contributed by atoms with E-state index in [9.17, 15) is 10.1 Å². The van der Waals surface area contributed by atoms with Gasteiger partial charge < -0.3 is 10.1 Å². The van der Waals surface area contributed by atoms with Crippen molar-refractivity contribution in [3.63, 3.8) is 0 Å². The Morgan fingerprint density at radius 1 is 1.36 bits per heavy atom. The number of rotatable bonds is 5. The first-order chi connectivity index (χ1) is 10.5. The third-order valence-electron chi connectivity index (χ3n) is 3.95. The molecular formula is C18H24N2O2. The fourth-order valence-electron chi connectivity index (χ4n) is 2.70. The van der Waals surface area contributed by atoms with Crippen molar-refractivity contribution in [1.29, 1.82) is 5.26 Å². The summed E-state index contributed by atoms with van der Waals surface area (Å²) in [5.74, 6) is 0.927. The van der Waals surface area contributed by atoms with Crippen LogP contribution >= 0.6 is 0 Å². The minimum absolute atomic E-state index is 0.196. The maximum atomic E-state index is 12.4. The number of nitrogens with zero attached hydrogens (tertiary/aromatic N) is 1. The Hall–Kier alpha value is -2.02. The molecule has 1 amide bonds. The van der Waals surface area contributed by atoms with Crippen LogP contribution in [-0.2, 0) is 0 Å². The van der Waals surface area contributed by atoms with Gasteiger partial charge in [0.25, 0.3) is 5.91 Å². The van der Waals surface area contributed by atoms with E-state index in [0.29, 0.717) is 23.8 Å². The minimum Gasteiger partial charge on any atom is -0.493 e. The van der Waals surface area contributed by atoms with Crippen LogP contribution < -0.4 is 10.1 Å². The number of carbonyl (C=O) groups is 1. The summed E-state index contributed by atoms with van der Waals surface area (Å²) in [7, 11) is 0. The van der Waals surface area contributed by atoms with Crippen molar-refractivity contribution in [2.24, 2.45) is 5.92 Å². The molecule has 4 nitrogen and oxygen atoms in total. The molecule has 0 heterocycles. The Morgan fingerprint density at radius 2 is 2.09 bits per heavy atom. The Kier molecular flexibility index (Phi) is 5.43. The molecule has 1 N–H and O–H groups in total. The van der Waals surface area contributed by atoms with E-state index in [0.717, 1.165) is 32.1 Å². The second kappa shape index (κ2) is 7.31. The van der Waals surface area contributed by atoms with Crippen LogP contribution in [0.2, 0.25) is 0 Å². The number of nitrogens with one attached hydrogen (secondary N) is 1. The van der Waals surface area contributed by atoms with Crippen LogP contribution in [0.25, 0.3) is 0 Å². The van der Waals surface area contributed by atoms with E-state index in [-0.39, 0.29) is 5.91 Å². The molecule has 0 atom stereocenters. The molecular weight excluding hydrogens is 276 g/mol. The lowest BCUT2D eigenvalue weighted by Gasteiger charge is -2.31. The molecule has 4 heteroatoms. The van der Waals surface area contributed by atoms with Gasteiger partial charge in [-0.05, 0) is 37.0 Å². The van der Waals surface area contributed by atoms with Gasteiger partial charge in [-0.2, -0.15) is 5.26 Å². The highest BCUT2D eigenvalue weighted by atomic mass is 16.5. The van der Waals surface area contributed by atoms with Crippen LogP contribution in [0.1, 0.15) is 56.3 Å². The summed E-state index contributed by atoms with van der Waals surface area (Å²) in [6.07, 6.45) is 4.59. The van der Waals surface area contributed by atoms with Gasteiger partial charge in [0.05, 0.1) is 12.7 Å². The van der Waals surface area contributed by atoms with Gasteiger partial charge in [0.1, 0.15) is 11.3 Å². The number of benzene rings is 1. The molecule has 1 aromatic rings. The Labute approximate surface area is 132 Å². The third-order valence-corrected chi connectivity index (χ3v) is 3.95. The minimum atomic E-state index is -0.704. The second-order valence-corrected chi connectivity index (χ2v) is 6.44. The lowest BCUT2D eigenvalue weighted by Crippen LogP contribution is -2.48. The zero-order valence-electron chi connectivity index (χ0n) is 13.4. The largest absolute Gasteiger partial charge is 0.493 e. The SMILES string of the molecule is CC(C)COc1cccc(C(=O)NC2(C#N)CCCCC2)c1. The highest BCUT2D eigenvalue weighted by Crippen LogP contribution is 2.28.